The molecule has 10 nitrogen and oxygen atoms in total. The van der Waals surface area contributed by atoms with Gasteiger partial charge in [0.1, 0.15) is 0 Å². The number of sulfonamides is 1. The lowest BCUT2D eigenvalue weighted by Gasteiger charge is -2.15. The van der Waals surface area contributed by atoms with Gasteiger partial charge in [-0.2, -0.15) is 4.31 Å². The van der Waals surface area contributed by atoms with Crippen LogP contribution >= 0.6 is 0 Å². The molecule has 1 saturated heterocycles. The number of nitrogens with one attached hydrogen (secondary N) is 1. The van der Waals surface area contributed by atoms with E-state index in [4.69, 9.17) is 4.74 Å². The summed E-state index contributed by atoms with van der Waals surface area (Å²) in [4.78, 5) is 34.1. The van der Waals surface area contributed by atoms with E-state index in [2.05, 4.69) is 5.32 Å². The average Bonchev–Trinajstić information content (AvgIpc) is 3.29. The molecule has 0 unspecified atom stereocenters. The molecule has 2 aromatic rings. The summed E-state index contributed by atoms with van der Waals surface area (Å²) in [5.74, 6) is -1.23. The van der Waals surface area contributed by atoms with Crippen molar-refractivity contribution in [3.8, 4) is 0 Å². The van der Waals surface area contributed by atoms with Gasteiger partial charge in [0.2, 0.25) is 10.0 Å². The Balaban J connectivity index is 1.48. The summed E-state index contributed by atoms with van der Waals surface area (Å²) in [6.45, 7) is 0.498. The Morgan fingerprint density at radius 3 is 2.23 bits per heavy atom. The van der Waals surface area contributed by atoms with Crippen LogP contribution in [0.15, 0.2) is 53.4 Å². The molecule has 0 radical (unpaired) electrons. The highest BCUT2D eigenvalue weighted by Crippen LogP contribution is 2.22. The van der Waals surface area contributed by atoms with Crippen molar-refractivity contribution in [3.63, 3.8) is 0 Å². The molecule has 1 aliphatic heterocycles. The van der Waals surface area contributed by atoms with Gasteiger partial charge in [-0.3, -0.25) is 19.7 Å². The Bertz CT molecular complexity index is 1060. The zero-order valence-corrected chi connectivity index (χ0v) is 17.3. The quantitative estimate of drug-likeness (QED) is 0.372. The number of nitrogens with zero attached hydrogens (tertiary/aromatic N) is 2. The van der Waals surface area contributed by atoms with Gasteiger partial charge in [-0.25, -0.2) is 8.42 Å². The fourth-order valence-corrected chi connectivity index (χ4v) is 4.60. The van der Waals surface area contributed by atoms with Crippen LogP contribution in [0.2, 0.25) is 0 Å². The number of ether oxygens (including phenoxy) is 1. The maximum absolute atomic E-state index is 12.5. The lowest BCUT2D eigenvalue weighted by molar-refractivity contribution is -0.384. The van der Waals surface area contributed by atoms with Crippen LogP contribution in [0.25, 0.3) is 0 Å². The van der Waals surface area contributed by atoms with Gasteiger partial charge in [0, 0.05) is 30.9 Å². The minimum absolute atomic E-state index is 0.0873. The third kappa shape index (κ3) is 5.86. The first kappa shape index (κ1) is 22.4. The fraction of sp³-hybridized carbons (Fsp3) is 0.300. The predicted octanol–water partition coefficient (Wildman–Crippen LogP) is 2.10. The molecule has 2 aromatic carbocycles. The van der Waals surface area contributed by atoms with Gasteiger partial charge in [0.25, 0.3) is 11.6 Å². The molecule has 1 fully saturated rings. The van der Waals surface area contributed by atoms with E-state index < -0.39 is 33.4 Å². The topological polar surface area (TPSA) is 136 Å². The van der Waals surface area contributed by atoms with E-state index in [-0.39, 0.29) is 17.0 Å². The molecule has 1 heterocycles. The third-order valence-electron chi connectivity index (χ3n) is 4.70. The van der Waals surface area contributed by atoms with Crippen LogP contribution in [0.1, 0.15) is 18.4 Å². The van der Waals surface area contributed by atoms with Crippen LogP contribution in [0, 0.1) is 10.1 Å². The number of rotatable bonds is 8. The highest BCUT2D eigenvalue weighted by molar-refractivity contribution is 7.89. The van der Waals surface area contributed by atoms with Crippen molar-refractivity contribution < 1.29 is 27.7 Å². The zero-order chi connectivity index (χ0) is 22.4. The van der Waals surface area contributed by atoms with Crippen molar-refractivity contribution in [2.24, 2.45) is 0 Å². The average molecular weight is 447 g/mol. The van der Waals surface area contributed by atoms with Gasteiger partial charge in [0.15, 0.2) is 6.61 Å². The van der Waals surface area contributed by atoms with Crippen LogP contribution < -0.4 is 5.32 Å². The van der Waals surface area contributed by atoms with Gasteiger partial charge >= 0.3 is 5.97 Å². The number of carbonyl (C=O) groups is 2. The summed E-state index contributed by atoms with van der Waals surface area (Å²) in [6, 6.07) is 11.2. The number of benzene rings is 2. The van der Waals surface area contributed by atoms with E-state index in [9.17, 15) is 28.1 Å². The highest BCUT2D eigenvalue weighted by Gasteiger charge is 2.26. The van der Waals surface area contributed by atoms with E-state index in [1.54, 1.807) is 0 Å². The monoisotopic (exact) mass is 447 g/mol. The number of carbonyl (C=O) groups excluding carboxylic acids is 2. The van der Waals surface area contributed by atoms with Crippen LogP contribution in [-0.2, 0) is 30.8 Å². The normalized spacial score (nSPS) is 14.2. The van der Waals surface area contributed by atoms with Crippen molar-refractivity contribution in [3.05, 3.63) is 64.2 Å². The SMILES string of the molecule is O=C(COC(=O)Cc1ccc([N+](=O)[O-])cc1)Nc1ccc(S(=O)(=O)N2CCCC2)cc1. The molecule has 1 N–H and O–H groups in total. The number of esters is 1. The molecule has 31 heavy (non-hydrogen) atoms. The molecular weight excluding hydrogens is 426 g/mol. The standard InChI is InChI=1S/C20H21N3O7S/c24-19(14-30-20(25)13-15-3-7-17(8-4-15)23(26)27)21-16-5-9-18(10-6-16)31(28,29)22-11-1-2-12-22/h3-10H,1-2,11-14H2,(H,21,24). The smallest absolute Gasteiger partial charge is 0.310 e. The van der Waals surface area contributed by atoms with Gasteiger partial charge < -0.3 is 10.1 Å². The van der Waals surface area contributed by atoms with Crippen LogP contribution in [-0.4, -0.2) is 49.2 Å². The Morgan fingerprint density at radius 2 is 1.65 bits per heavy atom. The third-order valence-corrected chi connectivity index (χ3v) is 6.61. The van der Waals surface area contributed by atoms with Crippen molar-refractivity contribution in [1.29, 1.82) is 0 Å². The van der Waals surface area contributed by atoms with E-state index in [0.29, 0.717) is 24.3 Å². The van der Waals surface area contributed by atoms with Crippen LogP contribution in [0.4, 0.5) is 11.4 Å². The molecule has 164 valence electrons. The van der Waals surface area contributed by atoms with E-state index in [1.807, 2.05) is 0 Å². The number of amides is 1. The van der Waals surface area contributed by atoms with E-state index in [0.717, 1.165) is 12.8 Å². The molecule has 1 amide bonds. The number of hydrogen-bond donors (Lipinski definition) is 1. The predicted molar refractivity (Wildman–Crippen MR) is 111 cm³/mol. The van der Waals surface area contributed by atoms with Gasteiger partial charge in [-0.05, 0) is 42.7 Å². The second kappa shape index (κ2) is 9.67. The number of nitro groups is 1. The number of non-ortho nitro benzene ring substituents is 1. The number of anilines is 1. The minimum atomic E-state index is -3.53. The van der Waals surface area contributed by atoms with E-state index >= 15 is 0 Å². The maximum Gasteiger partial charge on any atom is 0.310 e. The summed E-state index contributed by atoms with van der Waals surface area (Å²) in [6.07, 6.45) is 1.56. The lowest BCUT2D eigenvalue weighted by atomic mass is 10.1. The molecule has 3 rings (SSSR count). The molecule has 1 aliphatic rings. The summed E-state index contributed by atoms with van der Waals surface area (Å²) in [5, 5.41) is 13.2. The Kier molecular flexibility index (Phi) is 6.98. The van der Waals surface area contributed by atoms with Gasteiger partial charge in [-0.1, -0.05) is 12.1 Å². The largest absolute Gasteiger partial charge is 0.455 e. The second-order valence-corrected chi connectivity index (χ2v) is 8.88. The lowest BCUT2D eigenvalue weighted by Crippen LogP contribution is -2.27. The summed E-state index contributed by atoms with van der Waals surface area (Å²) in [5.41, 5.74) is 0.804. The summed E-state index contributed by atoms with van der Waals surface area (Å²) >= 11 is 0. The molecule has 11 heteroatoms. The molecule has 0 atom stereocenters. The first-order valence-corrected chi connectivity index (χ1v) is 11.0. The Labute approximate surface area is 179 Å². The Morgan fingerprint density at radius 1 is 1.03 bits per heavy atom. The molecule has 0 aromatic heterocycles. The van der Waals surface area contributed by atoms with Crippen molar-refractivity contribution in [2.75, 3.05) is 25.0 Å². The number of hydrogen-bond acceptors (Lipinski definition) is 7. The van der Waals surface area contributed by atoms with Crippen LogP contribution in [0.5, 0.6) is 0 Å². The van der Waals surface area contributed by atoms with Crippen molar-refractivity contribution >= 4 is 33.3 Å². The molecule has 0 saturated carbocycles. The fourth-order valence-electron chi connectivity index (χ4n) is 3.08. The first-order valence-electron chi connectivity index (χ1n) is 9.55. The molecule has 0 aliphatic carbocycles. The van der Waals surface area contributed by atoms with Gasteiger partial charge in [-0.15, -0.1) is 0 Å². The van der Waals surface area contributed by atoms with E-state index in [1.165, 1.54) is 52.8 Å². The summed E-state index contributed by atoms with van der Waals surface area (Å²) < 4.78 is 31.3. The first-order chi connectivity index (χ1) is 14.8. The maximum atomic E-state index is 12.5. The molecular formula is C20H21N3O7S. The van der Waals surface area contributed by atoms with Gasteiger partial charge in [0.05, 0.1) is 16.2 Å². The summed E-state index contributed by atoms with van der Waals surface area (Å²) in [7, 11) is -3.53. The van der Waals surface area contributed by atoms with Crippen LogP contribution in [0.3, 0.4) is 0 Å². The van der Waals surface area contributed by atoms with Crippen molar-refractivity contribution in [2.45, 2.75) is 24.2 Å². The molecule has 0 spiro atoms. The Hall–Kier alpha value is -3.31. The second-order valence-electron chi connectivity index (χ2n) is 6.94. The highest BCUT2D eigenvalue weighted by atomic mass is 32.2. The van der Waals surface area contributed by atoms with Crippen molar-refractivity contribution in [1.82, 2.24) is 4.31 Å². The zero-order valence-electron chi connectivity index (χ0n) is 16.5. The molecule has 0 bridgehead atoms. The minimum Gasteiger partial charge on any atom is -0.455 e. The number of nitro benzene ring substituents is 1.